The lowest BCUT2D eigenvalue weighted by Gasteiger charge is -2.16. The van der Waals surface area contributed by atoms with Gasteiger partial charge in [0.25, 0.3) is 0 Å². The number of hydrogen-bond acceptors (Lipinski definition) is 3. The van der Waals surface area contributed by atoms with Gasteiger partial charge in [-0.25, -0.2) is 21.6 Å². The monoisotopic (exact) mass is 470 g/mol. The van der Waals surface area contributed by atoms with Crippen LogP contribution >= 0.6 is 22.6 Å². The molecule has 4 nitrogen and oxygen atoms in total. The molecule has 0 bridgehead atoms. The number of halogens is 4. The van der Waals surface area contributed by atoms with E-state index in [9.17, 15) is 21.6 Å². The number of hydrogen-bond donors (Lipinski definition) is 2. The molecule has 0 aliphatic heterocycles. The van der Waals surface area contributed by atoms with Gasteiger partial charge in [0.1, 0.15) is 11.5 Å². The van der Waals surface area contributed by atoms with Crippen molar-refractivity contribution >= 4 is 49.7 Å². The molecule has 9 heteroatoms. The predicted octanol–water partition coefficient (Wildman–Crippen LogP) is 4.60. The van der Waals surface area contributed by atoms with Crippen LogP contribution in [0.1, 0.15) is 13.3 Å². The Balaban J connectivity index is 2.45. The Morgan fingerprint density at radius 1 is 1.04 bits per heavy atom. The zero-order valence-corrected chi connectivity index (χ0v) is 15.5. The lowest BCUT2D eigenvalue weighted by Crippen LogP contribution is -2.17. The number of sulfonamides is 1. The van der Waals surface area contributed by atoms with E-state index >= 15 is 0 Å². The van der Waals surface area contributed by atoms with Crippen LogP contribution < -0.4 is 10.0 Å². The molecule has 0 aliphatic rings. The molecule has 2 aromatic carbocycles. The van der Waals surface area contributed by atoms with E-state index in [0.29, 0.717) is 9.99 Å². The van der Waals surface area contributed by atoms with E-state index in [1.165, 1.54) is 12.1 Å². The highest BCUT2D eigenvalue weighted by atomic mass is 127. The van der Waals surface area contributed by atoms with E-state index in [-0.39, 0.29) is 17.1 Å². The van der Waals surface area contributed by atoms with Crippen LogP contribution in [0.15, 0.2) is 30.3 Å². The molecule has 0 saturated heterocycles. The maximum Gasteiger partial charge on any atom is 0.232 e. The molecular weight excluding hydrogens is 456 g/mol. The molecule has 2 N–H and O–H groups in total. The average Bonchev–Trinajstić information content (AvgIpc) is 2.48. The molecule has 0 aromatic heterocycles. The first-order valence-corrected chi connectivity index (χ1v) is 9.67. The fourth-order valence-corrected chi connectivity index (χ4v) is 3.57. The maximum absolute atomic E-state index is 14.1. The Labute approximate surface area is 151 Å². The van der Waals surface area contributed by atoms with Gasteiger partial charge in [-0.2, -0.15) is 0 Å². The molecule has 2 aromatic rings. The van der Waals surface area contributed by atoms with Gasteiger partial charge in [0.05, 0.1) is 17.1 Å². The average molecular weight is 470 g/mol. The Bertz CT molecular complexity index is 860. The van der Waals surface area contributed by atoms with Crippen molar-refractivity contribution in [1.29, 1.82) is 0 Å². The van der Waals surface area contributed by atoms with Gasteiger partial charge in [-0.3, -0.25) is 4.72 Å². The van der Waals surface area contributed by atoms with Crippen LogP contribution in [-0.2, 0) is 10.0 Å². The standard InChI is InChI=1S/C15H14F3IN2O2S/c1-2-7-24(22,23)21-13-6-4-10(16)14(18)15(13)20-12-5-3-9(19)8-11(12)17/h3-6,8,20-21H,2,7H2,1H3. The lowest BCUT2D eigenvalue weighted by molar-refractivity contribution is 0.512. The summed E-state index contributed by atoms with van der Waals surface area (Å²) in [5, 5.41) is 2.42. The highest BCUT2D eigenvalue weighted by Crippen LogP contribution is 2.32. The van der Waals surface area contributed by atoms with Gasteiger partial charge in [-0.05, 0) is 59.3 Å². The minimum absolute atomic E-state index is 0.101. The van der Waals surface area contributed by atoms with Crippen LogP contribution in [0.4, 0.5) is 30.2 Å². The lowest BCUT2D eigenvalue weighted by atomic mass is 10.2. The van der Waals surface area contributed by atoms with Gasteiger partial charge in [-0.15, -0.1) is 0 Å². The van der Waals surface area contributed by atoms with E-state index < -0.39 is 33.2 Å². The van der Waals surface area contributed by atoms with E-state index in [4.69, 9.17) is 0 Å². The first-order chi connectivity index (χ1) is 11.2. The molecule has 0 saturated carbocycles. The molecule has 2 rings (SSSR count). The third-order valence-corrected chi connectivity index (χ3v) is 5.17. The summed E-state index contributed by atoms with van der Waals surface area (Å²) < 4.78 is 68.2. The predicted molar refractivity (Wildman–Crippen MR) is 96.5 cm³/mol. The molecule has 0 amide bonds. The molecule has 0 unspecified atom stereocenters. The van der Waals surface area contributed by atoms with Crippen LogP contribution in [0.2, 0.25) is 0 Å². The largest absolute Gasteiger partial charge is 0.349 e. The molecule has 0 radical (unpaired) electrons. The normalized spacial score (nSPS) is 11.4. The summed E-state index contributed by atoms with van der Waals surface area (Å²) in [5.74, 6) is -3.33. The van der Waals surface area contributed by atoms with Gasteiger partial charge in [-0.1, -0.05) is 6.92 Å². The maximum atomic E-state index is 14.1. The highest BCUT2D eigenvalue weighted by Gasteiger charge is 2.19. The Hall–Kier alpha value is -1.49. The van der Waals surface area contributed by atoms with E-state index in [1.807, 2.05) is 22.6 Å². The molecular formula is C15H14F3IN2O2S. The second-order valence-electron chi connectivity index (χ2n) is 4.95. The van der Waals surface area contributed by atoms with Gasteiger partial charge < -0.3 is 5.32 Å². The van der Waals surface area contributed by atoms with Crippen molar-refractivity contribution < 1.29 is 21.6 Å². The molecule has 0 atom stereocenters. The van der Waals surface area contributed by atoms with Crippen molar-refractivity contribution in [3.8, 4) is 0 Å². The summed E-state index contributed by atoms with van der Waals surface area (Å²) in [5.41, 5.74) is -0.772. The second-order valence-corrected chi connectivity index (χ2v) is 8.04. The topological polar surface area (TPSA) is 58.2 Å². The van der Waals surface area contributed by atoms with Gasteiger partial charge >= 0.3 is 0 Å². The second kappa shape index (κ2) is 7.60. The molecule has 0 aliphatic carbocycles. The van der Waals surface area contributed by atoms with E-state index in [2.05, 4.69) is 10.0 Å². The van der Waals surface area contributed by atoms with Crippen molar-refractivity contribution in [2.24, 2.45) is 0 Å². The molecule has 24 heavy (non-hydrogen) atoms. The summed E-state index contributed by atoms with van der Waals surface area (Å²) in [7, 11) is -3.72. The third kappa shape index (κ3) is 4.53. The minimum atomic E-state index is -3.72. The molecule has 130 valence electrons. The van der Waals surface area contributed by atoms with Crippen LogP contribution in [0, 0.1) is 21.0 Å². The van der Waals surface area contributed by atoms with Crippen molar-refractivity contribution in [2.45, 2.75) is 13.3 Å². The van der Waals surface area contributed by atoms with Crippen LogP contribution in [0.25, 0.3) is 0 Å². The van der Waals surface area contributed by atoms with Gasteiger partial charge in [0.2, 0.25) is 10.0 Å². The number of rotatable bonds is 6. The Morgan fingerprint density at radius 3 is 2.33 bits per heavy atom. The summed E-state index contributed by atoms with van der Waals surface area (Å²) >= 11 is 1.91. The number of nitrogens with one attached hydrogen (secondary N) is 2. The number of anilines is 3. The highest BCUT2D eigenvalue weighted by molar-refractivity contribution is 14.1. The van der Waals surface area contributed by atoms with Crippen molar-refractivity contribution in [2.75, 3.05) is 15.8 Å². The first-order valence-electron chi connectivity index (χ1n) is 6.94. The van der Waals surface area contributed by atoms with Crippen LogP contribution in [0.3, 0.4) is 0 Å². The smallest absolute Gasteiger partial charge is 0.232 e. The van der Waals surface area contributed by atoms with Crippen LogP contribution in [-0.4, -0.2) is 14.2 Å². The Kier molecular flexibility index (Phi) is 5.97. The van der Waals surface area contributed by atoms with Crippen molar-refractivity contribution in [3.05, 3.63) is 51.4 Å². The quantitative estimate of drug-likeness (QED) is 0.607. The molecule has 0 heterocycles. The van der Waals surface area contributed by atoms with E-state index in [1.54, 1.807) is 13.0 Å². The first kappa shape index (κ1) is 18.8. The SMILES string of the molecule is CCCS(=O)(=O)Nc1ccc(F)c(F)c1Nc1ccc(I)cc1F. The van der Waals surface area contributed by atoms with Crippen molar-refractivity contribution in [3.63, 3.8) is 0 Å². The summed E-state index contributed by atoms with van der Waals surface area (Å²) in [6.07, 6.45) is 0.355. The number of benzene rings is 2. The zero-order chi connectivity index (χ0) is 17.9. The Morgan fingerprint density at radius 2 is 1.71 bits per heavy atom. The zero-order valence-electron chi connectivity index (χ0n) is 12.5. The molecule has 0 fully saturated rings. The summed E-state index contributed by atoms with van der Waals surface area (Å²) in [6, 6.07) is 6.02. The summed E-state index contributed by atoms with van der Waals surface area (Å²) in [6.45, 7) is 1.67. The van der Waals surface area contributed by atoms with Crippen LogP contribution in [0.5, 0.6) is 0 Å². The minimum Gasteiger partial charge on any atom is -0.349 e. The van der Waals surface area contributed by atoms with E-state index in [0.717, 1.165) is 12.1 Å². The fraction of sp³-hybridized carbons (Fsp3) is 0.200. The third-order valence-electron chi connectivity index (χ3n) is 3.02. The van der Waals surface area contributed by atoms with Gasteiger partial charge in [0.15, 0.2) is 11.6 Å². The molecule has 0 spiro atoms. The fourth-order valence-electron chi connectivity index (χ4n) is 1.97. The summed E-state index contributed by atoms with van der Waals surface area (Å²) in [4.78, 5) is 0. The van der Waals surface area contributed by atoms with Crippen molar-refractivity contribution in [1.82, 2.24) is 0 Å². The van der Waals surface area contributed by atoms with Gasteiger partial charge in [0, 0.05) is 3.57 Å².